The third-order valence-electron chi connectivity index (χ3n) is 5.30. The zero-order chi connectivity index (χ0) is 23.5. The third-order valence-corrected chi connectivity index (χ3v) is 6.49. The number of pyridine rings is 2. The molecule has 0 atom stereocenters. The molecule has 0 radical (unpaired) electrons. The van der Waals surface area contributed by atoms with Gasteiger partial charge in [-0.3, -0.25) is 9.78 Å². The molecule has 0 fully saturated rings. The number of methoxy groups -OCH3 is 1. The van der Waals surface area contributed by atoms with Gasteiger partial charge in [0.05, 0.1) is 23.6 Å². The van der Waals surface area contributed by atoms with E-state index >= 15 is 0 Å². The number of halogens is 1. The van der Waals surface area contributed by atoms with Gasteiger partial charge in [-0.15, -0.1) is 11.3 Å². The van der Waals surface area contributed by atoms with Gasteiger partial charge in [-0.2, -0.15) is 0 Å². The fourth-order valence-electron chi connectivity index (χ4n) is 3.59. The highest BCUT2D eigenvalue weighted by atomic mass is 32.1. The molecular formula is C23H23FN6O2S. The van der Waals surface area contributed by atoms with Crippen LogP contribution in [0.25, 0.3) is 10.2 Å². The summed E-state index contributed by atoms with van der Waals surface area (Å²) in [5.74, 6) is 0.660. The Kier molecular flexibility index (Phi) is 6.45. The topological polar surface area (TPSA) is 84.3 Å². The molecule has 0 aliphatic carbocycles. The third kappa shape index (κ3) is 4.61. The average molecular weight is 467 g/mol. The van der Waals surface area contributed by atoms with Crippen molar-refractivity contribution in [3.8, 4) is 5.88 Å². The largest absolute Gasteiger partial charge is 0.481 e. The molecule has 0 saturated heterocycles. The number of fused-ring (bicyclic) bond motifs is 1. The molecule has 0 saturated carbocycles. The summed E-state index contributed by atoms with van der Waals surface area (Å²) in [5, 5.41) is 0.793. The first-order valence-corrected chi connectivity index (χ1v) is 11.0. The highest BCUT2D eigenvalue weighted by molar-refractivity contribution is 7.20. The minimum Gasteiger partial charge on any atom is -0.481 e. The van der Waals surface area contributed by atoms with Crippen molar-refractivity contribution in [1.82, 2.24) is 24.8 Å². The van der Waals surface area contributed by atoms with Gasteiger partial charge in [0.25, 0.3) is 5.91 Å². The van der Waals surface area contributed by atoms with E-state index in [1.165, 1.54) is 23.9 Å². The molecule has 33 heavy (non-hydrogen) atoms. The number of carbonyl (C=O) groups is 1. The van der Waals surface area contributed by atoms with E-state index in [4.69, 9.17) is 4.74 Å². The minimum absolute atomic E-state index is 0.111. The second-order valence-electron chi connectivity index (χ2n) is 7.62. The number of aromatic nitrogens is 4. The average Bonchev–Trinajstić information content (AvgIpc) is 3.16. The SMILES string of the molecule is COc1cc(CN(C)C(=O)c2sc3ncnc(N(C)Cc4ccncc4F)c3c2C)ccn1. The molecule has 0 aliphatic heterocycles. The summed E-state index contributed by atoms with van der Waals surface area (Å²) in [7, 11) is 5.15. The van der Waals surface area contributed by atoms with Gasteiger partial charge in [0, 0.05) is 51.2 Å². The van der Waals surface area contributed by atoms with Crippen molar-refractivity contribution in [3.05, 3.63) is 70.5 Å². The van der Waals surface area contributed by atoms with Crippen molar-refractivity contribution in [3.63, 3.8) is 0 Å². The quantitative estimate of drug-likeness (QED) is 0.409. The number of ether oxygens (including phenoxy) is 1. The molecule has 0 unspecified atom stereocenters. The molecule has 0 N–H and O–H groups in total. The van der Waals surface area contributed by atoms with Crippen LogP contribution in [0, 0.1) is 12.7 Å². The van der Waals surface area contributed by atoms with Crippen molar-refractivity contribution in [2.75, 3.05) is 26.1 Å². The Morgan fingerprint density at radius 1 is 1.15 bits per heavy atom. The Balaban J connectivity index is 1.62. The number of carbonyl (C=O) groups excluding carboxylic acids is 1. The first kappa shape index (κ1) is 22.5. The number of thiophene rings is 1. The van der Waals surface area contributed by atoms with E-state index in [0.29, 0.717) is 40.1 Å². The molecule has 170 valence electrons. The lowest BCUT2D eigenvalue weighted by Gasteiger charge is -2.20. The predicted molar refractivity (Wildman–Crippen MR) is 125 cm³/mol. The Bertz CT molecular complexity index is 1310. The van der Waals surface area contributed by atoms with Crippen LogP contribution < -0.4 is 9.64 Å². The summed E-state index contributed by atoms with van der Waals surface area (Å²) in [6.07, 6.45) is 5.87. The lowest BCUT2D eigenvalue weighted by molar-refractivity contribution is 0.0789. The van der Waals surface area contributed by atoms with Gasteiger partial charge in [0.1, 0.15) is 22.8 Å². The van der Waals surface area contributed by atoms with E-state index in [0.717, 1.165) is 16.5 Å². The molecule has 0 aliphatic rings. The molecule has 4 heterocycles. The van der Waals surface area contributed by atoms with Crippen molar-refractivity contribution in [2.45, 2.75) is 20.0 Å². The van der Waals surface area contributed by atoms with E-state index < -0.39 is 0 Å². The number of nitrogens with zero attached hydrogens (tertiary/aromatic N) is 6. The highest BCUT2D eigenvalue weighted by Crippen LogP contribution is 2.35. The van der Waals surface area contributed by atoms with Crippen LogP contribution in [0.2, 0.25) is 0 Å². The van der Waals surface area contributed by atoms with Crippen LogP contribution in [0.15, 0.2) is 43.1 Å². The van der Waals surface area contributed by atoms with Gasteiger partial charge < -0.3 is 14.5 Å². The van der Waals surface area contributed by atoms with E-state index in [9.17, 15) is 9.18 Å². The molecule has 10 heteroatoms. The summed E-state index contributed by atoms with van der Waals surface area (Å²) in [5.41, 5.74) is 2.23. The second kappa shape index (κ2) is 9.45. The van der Waals surface area contributed by atoms with Crippen LogP contribution in [0.5, 0.6) is 5.88 Å². The summed E-state index contributed by atoms with van der Waals surface area (Å²) in [6, 6.07) is 5.29. The Hall–Kier alpha value is -3.66. The molecule has 8 nitrogen and oxygen atoms in total. The van der Waals surface area contributed by atoms with Gasteiger partial charge >= 0.3 is 0 Å². The van der Waals surface area contributed by atoms with Crippen LogP contribution >= 0.6 is 11.3 Å². The van der Waals surface area contributed by atoms with Gasteiger partial charge in [-0.1, -0.05) is 0 Å². The first-order valence-electron chi connectivity index (χ1n) is 10.2. The van der Waals surface area contributed by atoms with Gasteiger partial charge in [0.2, 0.25) is 5.88 Å². The monoisotopic (exact) mass is 466 g/mol. The number of hydrogen-bond acceptors (Lipinski definition) is 8. The maximum atomic E-state index is 14.1. The molecule has 0 aromatic carbocycles. The lowest BCUT2D eigenvalue weighted by Crippen LogP contribution is -2.26. The molecular weight excluding hydrogens is 443 g/mol. The van der Waals surface area contributed by atoms with Crippen LogP contribution in [0.1, 0.15) is 26.4 Å². The summed E-state index contributed by atoms with van der Waals surface area (Å²) in [6.45, 7) is 2.61. The zero-order valence-electron chi connectivity index (χ0n) is 18.7. The van der Waals surface area contributed by atoms with Crippen LogP contribution in [-0.2, 0) is 13.1 Å². The van der Waals surface area contributed by atoms with Crippen LogP contribution in [-0.4, -0.2) is 51.9 Å². The summed E-state index contributed by atoms with van der Waals surface area (Å²) >= 11 is 1.33. The predicted octanol–water partition coefficient (Wildman–Crippen LogP) is 3.85. The van der Waals surface area contributed by atoms with Crippen LogP contribution in [0.4, 0.5) is 10.2 Å². The van der Waals surface area contributed by atoms with E-state index in [-0.39, 0.29) is 11.7 Å². The molecule has 4 rings (SSSR count). The number of hydrogen-bond donors (Lipinski definition) is 0. The number of rotatable bonds is 7. The maximum Gasteiger partial charge on any atom is 0.264 e. The number of amides is 1. The minimum atomic E-state index is -0.373. The van der Waals surface area contributed by atoms with E-state index in [2.05, 4.69) is 19.9 Å². The van der Waals surface area contributed by atoms with E-state index in [1.54, 1.807) is 43.6 Å². The molecule has 1 amide bonds. The first-order chi connectivity index (χ1) is 15.9. The lowest BCUT2D eigenvalue weighted by atomic mass is 10.1. The summed E-state index contributed by atoms with van der Waals surface area (Å²) < 4.78 is 19.3. The molecule has 4 aromatic heterocycles. The zero-order valence-corrected chi connectivity index (χ0v) is 19.6. The van der Waals surface area contributed by atoms with Gasteiger partial charge in [-0.25, -0.2) is 19.3 Å². The maximum absolute atomic E-state index is 14.1. The van der Waals surface area contributed by atoms with Crippen LogP contribution in [0.3, 0.4) is 0 Å². The highest BCUT2D eigenvalue weighted by Gasteiger charge is 2.23. The van der Waals surface area contributed by atoms with E-state index in [1.807, 2.05) is 24.9 Å². The summed E-state index contributed by atoms with van der Waals surface area (Å²) in [4.78, 5) is 34.8. The normalized spacial score (nSPS) is 10.9. The molecule has 4 aromatic rings. The number of anilines is 1. The fraction of sp³-hybridized carbons (Fsp3) is 0.261. The number of aryl methyl sites for hydroxylation is 1. The van der Waals surface area contributed by atoms with Gasteiger partial charge in [0.15, 0.2) is 0 Å². The van der Waals surface area contributed by atoms with Gasteiger partial charge in [-0.05, 0) is 30.2 Å². The Morgan fingerprint density at radius 2 is 1.97 bits per heavy atom. The Labute approximate surface area is 194 Å². The Morgan fingerprint density at radius 3 is 2.73 bits per heavy atom. The second-order valence-corrected chi connectivity index (χ2v) is 8.62. The molecule has 0 bridgehead atoms. The standard InChI is InChI=1S/C23H23FN6O2S/c1-14-19-21(29(2)12-16-6-7-25-10-17(16)24)27-13-28-22(19)33-20(14)23(31)30(3)11-15-5-8-26-18(9-15)32-4/h5-10,13H,11-12H2,1-4H3. The van der Waals surface area contributed by atoms with Crippen molar-refractivity contribution < 1.29 is 13.9 Å². The fourth-order valence-corrected chi connectivity index (χ4v) is 4.73. The van der Waals surface area contributed by atoms with Crippen molar-refractivity contribution >= 4 is 33.3 Å². The van der Waals surface area contributed by atoms with Crippen molar-refractivity contribution in [1.29, 1.82) is 0 Å². The smallest absolute Gasteiger partial charge is 0.264 e. The molecule has 0 spiro atoms. The van der Waals surface area contributed by atoms with Crippen molar-refractivity contribution in [2.24, 2.45) is 0 Å².